The zero-order chi connectivity index (χ0) is 14.7. The van der Waals surface area contributed by atoms with Gasteiger partial charge in [0.25, 0.3) is 0 Å². The van der Waals surface area contributed by atoms with E-state index in [-0.39, 0.29) is 11.9 Å². The molecule has 0 aromatic carbocycles. The Morgan fingerprint density at radius 2 is 2.05 bits per heavy atom. The number of amides is 1. The first-order valence-electron chi connectivity index (χ1n) is 7.86. The maximum Gasteiger partial charge on any atom is 0.326 e. The van der Waals surface area contributed by atoms with E-state index in [1.54, 1.807) is 4.90 Å². The minimum Gasteiger partial charge on any atom is -0.480 e. The molecule has 0 aromatic rings. The minimum atomic E-state index is -0.879. The van der Waals surface area contributed by atoms with E-state index in [0.717, 1.165) is 38.5 Å². The summed E-state index contributed by atoms with van der Waals surface area (Å²) >= 11 is 0. The number of likely N-dealkylation sites (tertiary alicyclic amines) is 1. The van der Waals surface area contributed by atoms with Crippen molar-refractivity contribution in [3.63, 3.8) is 0 Å². The van der Waals surface area contributed by atoms with E-state index in [0.29, 0.717) is 18.8 Å². The number of hydrogen-bond donors (Lipinski definition) is 2. The molecule has 0 bridgehead atoms. The molecule has 4 unspecified atom stereocenters. The van der Waals surface area contributed by atoms with Gasteiger partial charge >= 0.3 is 5.97 Å². The number of carboxylic acid groups (broad SMARTS) is 1. The van der Waals surface area contributed by atoms with Crippen molar-refractivity contribution < 1.29 is 14.7 Å². The van der Waals surface area contributed by atoms with Crippen LogP contribution in [0.25, 0.3) is 0 Å². The van der Waals surface area contributed by atoms with Crippen LogP contribution in [0.5, 0.6) is 0 Å². The Morgan fingerprint density at radius 1 is 1.35 bits per heavy atom. The predicted molar refractivity (Wildman–Crippen MR) is 76.1 cm³/mol. The Balaban J connectivity index is 2.12. The molecule has 1 aliphatic heterocycles. The Labute approximate surface area is 120 Å². The van der Waals surface area contributed by atoms with Gasteiger partial charge in [-0.2, -0.15) is 0 Å². The van der Waals surface area contributed by atoms with Gasteiger partial charge in [0.15, 0.2) is 0 Å². The summed E-state index contributed by atoms with van der Waals surface area (Å²) < 4.78 is 0. The average molecular weight is 282 g/mol. The van der Waals surface area contributed by atoms with Crippen LogP contribution in [0.2, 0.25) is 0 Å². The number of nitrogens with zero attached hydrogens (tertiary/aromatic N) is 1. The number of carboxylic acids is 1. The summed E-state index contributed by atoms with van der Waals surface area (Å²) in [7, 11) is 0. The second-order valence-electron chi connectivity index (χ2n) is 6.20. The molecule has 114 valence electrons. The van der Waals surface area contributed by atoms with Crippen molar-refractivity contribution in [3.8, 4) is 0 Å². The molecule has 2 fully saturated rings. The summed E-state index contributed by atoms with van der Waals surface area (Å²) in [4.78, 5) is 25.6. The van der Waals surface area contributed by atoms with E-state index >= 15 is 0 Å². The van der Waals surface area contributed by atoms with Crippen molar-refractivity contribution in [2.24, 2.45) is 11.7 Å². The number of nitrogens with two attached hydrogens (primary N) is 1. The molecule has 0 aromatic heterocycles. The van der Waals surface area contributed by atoms with Crippen molar-refractivity contribution in [3.05, 3.63) is 0 Å². The number of aliphatic carboxylic acids is 1. The first-order valence-corrected chi connectivity index (χ1v) is 7.86. The number of carbonyl (C=O) groups excluding carboxylic acids is 1. The lowest BCUT2D eigenvalue weighted by molar-refractivity contribution is -0.150. The Hall–Kier alpha value is -1.10. The zero-order valence-corrected chi connectivity index (χ0v) is 12.3. The molecular formula is C15H26N2O3. The predicted octanol–water partition coefficient (Wildman–Crippen LogP) is 1.75. The van der Waals surface area contributed by atoms with Crippen LogP contribution in [0.3, 0.4) is 0 Å². The third kappa shape index (κ3) is 2.97. The van der Waals surface area contributed by atoms with E-state index in [1.165, 1.54) is 0 Å². The highest BCUT2D eigenvalue weighted by Crippen LogP contribution is 2.40. The fraction of sp³-hybridized carbons (Fsp3) is 0.867. The van der Waals surface area contributed by atoms with Crippen LogP contribution in [0.1, 0.15) is 58.3 Å². The van der Waals surface area contributed by atoms with Crippen molar-refractivity contribution >= 4 is 11.9 Å². The molecule has 0 spiro atoms. The fourth-order valence-corrected chi connectivity index (χ4v) is 3.74. The van der Waals surface area contributed by atoms with E-state index in [1.807, 2.05) is 0 Å². The molecule has 3 N–H and O–H groups in total. The van der Waals surface area contributed by atoms with Crippen LogP contribution >= 0.6 is 0 Å². The SMILES string of the molecule is CCCCC(N)C(=O)N1C(C(=O)O)CC2CCCCC21. The van der Waals surface area contributed by atoms with Crippen molar-refractivity contribution in [1.82, 2.24) is 4.90 Å². The highest BCUT2D eigenvalue weighted by molar-refractivity contribution is 5.88. The molecule has 0 radical (unpaired) electrons. The summed E-state index contributed by atoms with van der Waals surface area (Å²) in [5.41, 5.74) is 5.98. The number of carbonyl (C=O) groups is 2. The maximum absolute atomic E-state index is 12.6. The topological polar surface area (TPSA) is 83.6 Å². The zero-order valence-electron chi connectivity index (χ0n) is 12.3. The van der Waals surface area contributed by atoms with Gasteiger partial charge in [-0.1, -0.05) is 32.6 Å². The lowest BCUT2D eigenvalue weighted by Gasteiger charge is -2.34. The first kappa shape index (κ1) is 15.3. The quantitative estimate of drug-likeness (QED) is 0.804. The molecule has 5 nitrogen and oxygen atoms in total. The van der Waals surface area contributed by atoms with Gasteiger partial charge in [0.05, 0.1) is 6.04 Å². The second kappa shape index (κ2) is 6.57. The van der Waals surface area contributed by atoms with Gasteiger partial charge < -0.3 is 15.7 Å². The van der Waals surface area contributed by atoms with Crippen LogP contribution in [0, 0.1) is 5.92 Å². The smallest absolute Gasteiger partial charge is 0.326 e. The maximum atomic E-state index is 12.6. The van der Waals surface area contributed by atoms with Crippen molar-refractivity contribution in [2.45, 2.75) is 76.4 Å². The Bertz CT molecular complexity index is 372. The van der Waals surface area contributed by atoms with Gasteiger partial charge in [0.1, 0.15) is 6.04 Å². The third-order valence-corrected chi connectivity index (χ3v) is 4.81. The summed E-state index contributed by atoms with van der Waals surface area (Å²) in [6.07, 6.45) is 7.37. The molecule has 5 heteroatoms. The highest BCUT2D eigenvalue weighted by Gasteiger charge is 2.48. The summed E-state index contributed by atoms with van der Waals surface area (Å²) in [5.74, 6) is -0.678. The van der Waals surface area contributed by atoms with Gasteiger partial charge in [0.2, 0.25) is 5.91 Å². The number of rotatable bonds is 5. The molecule has 1 aliphatic carbocycles. The van der Waals surface area contributed by atoms with E-state index < -0.39 is 18.1 Å². The molecule has 20 heavy (non-hydrogen) atoms. The lowest BCUT2D eigenvalue weighted by Crippen LogP contribution is -2.52. The molecule has 2 aliphatic rings. The average Bonchev–Trinajstić information content (AvgIpc) is 2.83. The minimum absolute atomic E-state index is 0.102. The van der Waals surface area contributed by atoms with Gasteiger partial charge in [-0.3, -0.25) is 4.79 Å². The number of fused-ring (bicyclic) bond motifs is 1. The normalized spacial score (nSPS) is 30.9. The molecule has 1 saturated carbocycles. The van der Waals surface area contributed by atoms with Crippen LogP contribution in [-0.4, -0.2) is 40.0 Å². The van der Waals surface area contributed by atoms with E-state index in [2.05, 4.69) is 6.92 Å². The number of unbranched alkanes of at least 4 members (excludes halogenated alkanes) is 1. The van der Waals surface area contributed by atoms with Crippen LogP contribution in [-0.2, 0) is 9.59 Å². The molecule has 1 saturated heterocycles. The van der Waals surface area contributed by atoms with E-state index in [9.17, 15) is 14.7 Å². The molecule has 4 atom stereocenters. The van der Waals surface area contributed by atoms with Gasteiger partial charge in [-0.15, -0.1) is 0 Å². The van der Waals surface area contributed by atoms with Crippen LogP contribution < -0.4 is 5.73 Å². The van der Waals surface area contributed by atoms with Gasteiger partial charge in [-0.25, -0.2) is 4.79 Å². The van der Waals surface area contributed by atoms with Crippen LogP contribution in [0.4, 0.5) is 0 Å². The third-order valence-electron chi connectivity index (χ3n) is 4.81. The lowest BCUT2D eigenvalue weighted by atomic mass is 9.84. The monoisotopic (exact) mass is 282 g/mol. The van der Waals surface area contributed by atoms with Crippen molar-refractivity contribution in [2.75, 3.05) is 0 Å². The molecule has 1 heterocycles. The first-order chi connectivity index (χ1) is 9.56. The van der Waals surface area contributed by atoms with Crippen molar-refractivity contribution in [1.29, 1.82) is 0 Å². The highest BCUT2D eigenvalue weighted by atomic mass is 16.4. The van der Waals surface area contributed by atoms with E-state index in [4.69, 9.17) is 5.73 Å². The summed E-state index contributed by atoms with van der Waals surface area (Å²) in [5, 5.41) is 9.40. The Morgan fingerprint density at radius 3 is 2.70 bits per heavy atom. The molecular weight excluding hydrogens is 256 g/mol. The van der Waals surface area contributed by atoms with Crippen LogP contribution in [0.15, 0.2) is 0 Å². The number of hydrogen-bond acceptors (Lipinski definition) is 3. The summed E-state index contributed by atoms with van der Waals surface area (Å²) in [6, 6.07) is -1.11. The van der Waals surface area contributed by atoms with Gasteiger partial charge in [0, 0.05) is 6.04 Å². The second-order valence-corrected chi connectivity index (χ2v) is 6.20. The largest absolute Gasteiger partial charge is 0.480 e. The standard InChI is InChI=1S/C15H26N2O3/c1-2-3-7-11(16)14(18)17-12-8-5-4-6-10(12)9-13(17)15(19)20/h10-13H,2-9,16H2,1H3,(H,19,20). The Kier molecular flexibility index (Phi) is 5.02. The summed E-state index contributed by atoms with van der Waals surface area (Å²) in [6.45, 7) is 2.06. The molecule has 1 amide bonds. The van der Waals surface area contributed by atoms with Gasteiger partial charge in [-0.05, 0) is 31.6 Å². The fourth-order valence-electron chi connectivity index (χ4n) is 3.74. The molecule has 2 rings (SSSR count).